The highest BCUT2D eigenvalue weighted by Gasteiger charge is 2.27. The summed E-state index contributed by atoms with van der Waals surface area (Å²) in [6, 6.07) is 10.5. The first kappa shape index (κ1) is 25.1. The van der Waals surface area contributed by atoms with Crippen molar-refractivity contribution in [2.45, 2.75) is 44.8 Å². The van der Waals surface area contributed by atoms with E-state index in [-0.39, 0.29) is 18.1 Å². The summed E-state index contributed by atoms with van der Waals surface area (Å²) >= 11 is 1.50. The fraction of sp³-hybridized carbons (Fsp3) is 0.333. The molecule has 0 aliphatic rings. The number of hydrogen-bond acceptors (Lipinski definition) is 7. The second-order valence-electron chi connectivity index (χ2n) is 7.52. The molecule has 9 nitrogen and oxygen atoms in total. The molecule has 2 heterocycles. The average Bonchev–Trinajstić information content (AvgIpc) is 2.83. The van der Waals surface area contributed by atoms with E-state index in [0.29, 0.717) is 34.9 Å². The third kappa shape index (κ3) is 5.51. The smallest absolute Gasteiger partial charge is 0.330 e. The van der Waals surface area contributed by atoms with Crippen LogP contribution in [-0.2, 0) is 13.1 Å². The molecule has 0 unspecified atom stereocenters. The maximum atomic E-state index is 13.8. The molecule has 180 valence electrons. The molecule has 0 saturated carbocycles. The van der Waals surface area contributed by atoms with Crippen molar-refractivity contribution in [3.05, 3.63) is 74.6 Å². The molecular formula is C24H29N5O4S. The molecule has 1 aromatic carbocycles. The summed E-state index contributed by atoms with van der Waals surface area (Å²) < 4.78 is 6.75. The van der Waals surface area contributed by atoms with Crippen LogP contribution in [0.1, 0.15) is 42.6 Å². The molecular weight excluding hydrogens is 454 g/mol. The number of nitrogen functional groups attached to an aromatic ring is 1. The normalized spacial score (nSPS) is 10.8. The lowest BCUT2D eigenvalue weighted by atomic mass is 10.1. The van der Waals surface area contributed by atoms with Crippen LogP contribution < -0.4 is 26.6 Å². The van der Waals surface area contributed by atoms with Crippen molar-refractivity contribution < 1.29 is 9.53 Å². The number of H-pyrrole nitrogens is 1. The number of pyridine rings is 1. The van der Waals surface area contributed by atoms with Gasteiger partial charge in [-0.1, -0.05) is 38.5 Å². The first-order valence-electron chi connectivity index (χ1n) is 11.1. The number of rotatable bonds is 10. The fourth-order valence-corrected chi connectivity index (χ4v) is 4.20. The van der Waals surface area contributed by atoms with E-state index >= 15 is 0 Å². The maximum Gasteiger partial charge on any atom is 0.330 e. The van der Waals surface area contributed by atoms with E-state index in [0.717, 1.165) is 12.2 Å². The maximum absolute atomic E-state index is 13.8. The number of para-hydroxylation sites is 1. The number of aromatic nitrogens is 3. The van der Waals surface area contributed by atoms with Crippen LogP contribution in [0.3, 0.4) is 0 Å². The van der Waals surface area contributed by atoms with Gasteiger partial charge in [-0.3, -0.25) is 24.0 Å². The van der Waals surface area contributed by atoms with Gasteiger partial charge in [0, 0.05) is 23.9 Å². The van der Waals surface area contributed by atoms with Gasteiger partial charge in [0.15, 0.2) is 5.69 Å². The van der Waals surface area contributed by atoms with E-state index in [1.165, 1.54) is 28.3 Å². The van der Waals surface area contributed by atoms with Gasteiger partial charge in [0.2, 0.25) is 0 Å². The minimum atomic E-state index is -0.726. The standard InChI is InChI=1S/C24H29N5O4S/c1-4-6-13-28-21(25)20(22(30)27-24(28)32)29(15-17-9-7-8-10-18(17)33-3)23(31)16-11-12-26-19(14-16)34-5-2/h7-12,14H,4-6,13,15,25H2,1-3H3,(H,27,30,32). The quantitative estimate of drug-likeness (QED) is 0.424. The molecule has 34 heavy (non-hydrogen) atoms. The Morgan fingerprint density at radius 2 is 2.00 bits per heavy atom. The molecule has 10 heteroatoms. The van der Waals surface area contributed by atoms with Crippen molar-refractivity contribution in [3.63, 3.8) is 0 Å². The van der Waals surface area contributed by atoms with Gasteiger partial charge in [-0.25, -0.2) is 9.78 Å². The Hall–Kier alpha value is -3.53. The van der Waals surface area contributed by atoms with Crippen molar-refractivity contribution in [1.29, 1.82) is 0 Å². The van der Waals surface area contributed by atoms with Gasteiger partial charge >= 0.3 is 5.69 Å². The SMILES string of the molecule is CCCCn1c(N)c(N(Cc2ccccc2OC)C(=O)c2ccnc(SCC)c2)c(=O)[nH]c1=O. The molecule has 1 amide bonds. The zero-order valence-corrected chi connectivity index (χ0v) is 20.4. The molecule has 3 rings (SSSR count). The fourth-order valence-electron chi connectivity index (χ4n) is 3.56. The summed E-state index contributed by atoms with van der Waals surface area (Å²) in [4.78, 5) is 47.1. The van der Waals surface area contributed by atoms with Crippen molar-refractivity contribution in [2.75, 3.05) is 23.5 Å². The van der Waals surface area contributed by atoms with Crippen LogP contribution in [0.2, 0.25) is 0 Å². The summed E-state index contributed by atoms with van der Waals surface area (Å²) in [6.45, 7) is 4.32. The van der Waals surface area contributed by atoms with E-state index in [4.69, 9.17) is 10.5 Å². The Balaban J connectivity index is 2.18. The van der Waals surface area contributed by atoms with Gasteiger partial charge in [-0.05, 0) is 30.4 Å². The van der Waals surface area contributed by atoms with Crippen molar-refractivity contribution in [1.82, 2.24) is 14.5 Å². The van der Waals surface area contributed by atoms with Gasteiger partial charge in [-0.15, -0.1) is 11.8 Å². The first-order chi connectivity index (χ1) is 16.4. The Morgan fingerprint density at radius 1 is 1.24 bits per heavy atom. The number of aromatic amines is 1. The summed E-state index contributed by atoms with van der Waals surface area (Å²) in [7, 11) is 1.54. The lowest BCUT2D eigenvalue weighted by molar-refractivity contribution is 0.0984. The number of carbonyl (C=O) groups excluding carboxylic acids is 1. The summed E-state index contributed by atoms with van der Waals surface area (Å²) in [6.07, 6.45) is 3.08. The number of ether oxygens (including phenoxy) is 1. The molecule has 0 radical (unpaired) electrons. The lowest BCUT2D eigenvalue weighted by Gasteiger charge is -2.25. The summed E-state index contributed by atoms with van der Waals surface area (Å²) in [5.74, 6) is 0.864. The van der Waals surface area contributed by atoms with E-state index in [2.05, 4.69) is 9.97 Å². The molecule has 0 bridgehead atoms. The van der Waals surface area contributed by atoms with Crippen molar-refractivity contribution in [2.24, 2.45) is 0 Å². The first-order valence-corrected chi connectivity index (χ1v) is 12.0. The topological polar surface area (TPSA) is 123 Å². The number of anilines is 2. The summed E-state index contributed by atoms with van der Waals surface area (Å²) in [5, 5.41) is 0.695. The van der Waals surface area contributed by atoms with Gasteiger partial charge in [0.05, 0.1) is 18.7 Å². The summed E-state index contributed by atoms with van der Waals surface area (Å²) in [5.41, 5.74) is 5.98. The Morgan fingerprint density at radius 3 is 2.71 bits per heavy atom. The van der Waals surface area contributed by atoms with Crippen LogP contribution in [0.4, 0.5) is 11.5 Å². The van der Waals surface area contributed by atoms with E-state index in [1.807, 2.05) is 32.0 Å². The molecule has 2 aromatic heterocycles. The monoisotopic (exact) mass is 483 g/mol. The van der Waals surface area contributed by atoms with Gasteiger partial charge < -0.3 is 10.5 Å². The Kier molecular flexibility index (Phi) is 8.53. The number of methoxy groups -OCH3 is 1. The predicted molar refractivity (Wildman–Crippen MR) is 135 cm³/mol. The van der Waals surface area contributed by atoms with E-state index in [9.17, 15) is 14.4 Å². The number of hydrogen-bond donors (Lipinski definition) is 2. The number of amides is 1. The second kappa shape index (κ2) is 11.6. The van der Waals surface area contributed by atoms with Crippen LogP contribution in [-0.4, -0.2) is 33.3 Å². The van der Waals surface area contributed by atoms with Gasteiger partial charge in [-0.2, -0.15) is 0 Å². The molecule has 3 N–H and O–H groups in total. The minimum Gasteiger partial charge on any atom is -0.496 e. The van der Waals surface area contributed by atoms with Crippen LogP contribution in [0.15, 0.2) is 57.2 Å². The van der Waals surface area contributed by atoms with Crippen LogP contribution >= 0.6 is 11.8 Å². The molecule has 0 saturated heterocycles. The van der Waals surface area contributed by atoms with Crippen LogP contribution in [0.5, 0.6) is 5.75 Å². The largest absolute Gasteiger partial charge is 0.496 e. The zero-order chi connectivity index (χ0) is 24.7. The van der Waals surface area contributed by atoms with E-state index < -0.39 is 17.2 Å². The van der Waals surface area contributed by atoms with Crippen molar-refractivity contribution in [3.8, 4) is 5.75 Å². The molecule has 0 fully saturated rings. The minimum absolute atomic E-state index is 0.0146. The zero-order valence-electron chi connectivity index (χ0n) is 19.5. The molecule has 0 atom stereocenters. The number of unbranched alkanes of at least 4 members (excludes halogenated alkanes) is 1. The highest BCUT2D eigenvalue weighted by molar-refractivity contribution is 7.99. The third-order valence-corrected chi connectivity index (χ3v) is 6.07. The molecule has 0 spiro atoms. The Bertz CT molecular complexity index is 1270. The number of thioether (sulfide) groups is 1. The number of carbonyl (C=O) groups is 1. The third-order valence-electron chi connectivity index (χ3n) is 5.26. The average molecular weight is 484 g/mol. The molecule has 0 aliphatic carbocycles. The lowest BCUT2D eigenvalue weighted by Crippen LogP contribution is -2.41. The molecule has 0 aliphatic heterocycles. The van der Waals surface area contributed by atoms with Crippen LogP contribution in [0.25, 0.3) is 0 Å². The highest BCUT2D eigenvalue weighted by atomic mass is 32.2. The number of benzene rings is 1. The number of nitrogens with two attached hydrogens (primary N) is 1. The number of nitrogens with one attached hydrogen (secondary N) is 1. The van der Waals surface area contributed by atoms with Gasteiger partial charge in [0.1, 0.15) is 11.6 Å². The van der Waals surface area contributed by atoms with Crippen molar-refractivity contribution >= 4 is 29.2 Å². The molecule has 3 aromatic rings. The second-order valence-corrected chi connectivity index (χ2v) is 8.80. The Labute approximate surface area is 202 Å². The highest BCUT2D eigenvalue weighted by Crippen LogP contribution is 2.27. The van der Waals surface area contributed by atoms with Gasteiger partial charge in [0.25, 0.3) is 11.5 Å². The van der Waals surface area contributed by atoms with E-state index in [1.54, 1.807) is 24.4 Å². The predicted octanol–water partition coefficient (Wildman–Crippen LogP) is 3.28. The van der Waals surface area contributed by atoms with Crippen LogP contribution in [0, 0.1) is 0 Å². The number of nitrogens with zero attached hydrogens (tertiary/aromatic N) is 3.